The summed E-state index contributed by atoms with van der Waals surface area (Å²) < 4.78 is 0. The van der Waals surface area contributed by atoms with Crippen LogP contribution in [0.1, 0.15) is 63.5 Å². The molecule has 2 aliphatic carbocycles. The molecule has 0 atom stereocenters. The Labute approximate surface area is 171 Å². The van der Waals surface area contributed by atoms with Gasteiger partial charge in [0, 0.05) is 12.4 Å². The fraction of sp³-hybridized carbons (Fsp3) is 0.579. The van der Waals surface area contributed by atoms with Gasteiger partial charge in [-0.2, -0.15) is 0 Å². The number of pyridine rings is 1. The maximum absolute atomic E-state index is 4.44. The van der Waals surface area contributed by atoms with Gasteiger partial charge in [-0.1, -0.05) is 51.0 Å². The van der Waals surface area contributed by atoms with Gasteiger partial charge in [0.25, 0.3) is 0 Å². The molecule has 2 fully saturated rings. The summed E-state index contributed by atoms with van der Waals surface area (Å²) in [6, 6.07) is 5.96. The van der Waals surface area contributed by atoms with Crippen LogP contribution < -0.4 is 24.0 Å². The predicted octanol–water partition coefficient (Wildman–Crippen LogP) is 2.70. The number of rotatable bonds is 3. The summed E-state index contributed by atoms with van der Waals surface area (Å²) in [5.41, 5.74) is 1.06. The molecular weight excluding hydrogens is 439 g/mol. The molecule has 1 aromatic rings. The van der Waals surface area contributed by atoms with Gasteiger partial charge in [0.2, 0.25) is 0 Å². The van der Waals surface area contributed by atoms with Gasteiger partial charge in [0.05, 0.1) is 12.2 Å². The maximum atomic E-state index is 4.44. The minimum absolute atomic E-state index is 0. The monoisotopic (exact) mass is 471 g/mol. The number of hydrogen-bond acceptors (Lipinski definition) is 2. The number of aromatic nitrogens is 1. The Bertz CT molecular complexity index is 353. The summed E-state index contributed by atoms with van der Waals surface area (Å²) in [6.45, 7) is 0.733. The summed E-state index contributed by atoms with van der Waals surface area (Å²) in [5, 5.41) is 0. The molecule has 0 N–H and O–H groups in total. The van der Waals surface area contributed by atoms with Crippen LogP contribution in [0.15, 0.2) is 29.4 Å². The summed E-state index contributed by atoms with van der Waals surface area (Å²) in [4.78, 5) is 8.67. The molecule has 0 spiro atoms. The quantitative estimate of drug-likeness (QED) is 0.288. The molecule has 0 saturated heterocycles. The van der Waals surface area contributed by atoms with Gasteiger partial charge in [-0.25, -0.2) is 0 Å². The van der Waals surface area contributed by atoms with Gasteiger partial charge in [0.15, 0.2) is 0 Å². The summed E-state index contributed by atoms with van der Waals surface area (Å²) in [6.07, 6.45) is 16.8. The molecule has 0 aromatic carbocycles. The van der Waals surface area contributed by atoms with Crippen LogP contribution in [0.25, 0.3) is 0 Å². The first-order valence-electron chi connectivity index (χ1n) is 7.85. The second kappa shape index (κ2) is 18.4. The van der Waals surface area contributed by atoms with E-state index in [9.17, 15) is 0 Å². The standard InChI is InChI=1S/C12H16N2.C5H10.2CH3.Fe.HI/c1-2-6-11(5-1)9-13-10-12-7-3-4-8-14-12;1-2-4-5-3-1;;;;/h3-4,7-9,11H,1-2,5-6,10H2;1-5H2;2*1H3;;1H/q;;2*-1;+3;/p-1. The molecule has 133 valence electrons. The molecule has 2 saturated carbocycles. The normalized spacial score (nSPS) is 16.2. The fourth-order valence-corrected chi connectivity index (χ4v) is 2.78. The average Bonchev–Trinajstić information content (AvgIpc) is 3.16. The zero-order valence-corrected chi connectivity index (χ0v) is 17.9. The average molecular weight is 471 g/mol. The second-order valence-electron chi connectivity index (χ2n) is 5.62. The maximum Gasteiger partial charge on any atom is 3.00 e. The number of hydrogen-bond donors (Lipinski definition) is 0. The first kappa shape index (κ1) is 27.9. The van der Waals surface area contributed by atoms with Crippen molar-refractivity contribution in [2.24, 2.45) is 10.9 Å². The van der Waals surface area contributed by atoms with Crippen molar-refractivity contribution in [1.29, 1.82) is 0 Å². The van der Waals surface area contributed by atoms with Crippen molar-refractivity contribution in [3.05, 3.63) is 44.9 Å². The van der Waals surface area contributed by atoms with Crippen LogP contribution in [-0.2, 0) is 23.6 Å². The van der Waals surface area contributed by atoms with Crippen LogP contribution in [0.3, 0.4) is 0 Å². The van der Waals surface area contributed by atoms with E-state index in [0.29, 0.717) is 0 Å². The second-order valence-corrected chi connectivity index (χ2v) is 5.62. The van der Waals surface area contributed by atoms with E-state index in [2.05, 4.69) is 16.2 Å². The van der Waals surface area contributed by atoms with E-state index >= 15 is 0 Å². The Kier molecular flexibility index (Phi) is 22.3. The molecule has 4 heteroatoms. The van der Waals surface area contributed by atoms with Gasteiger partial charge in [0.1, 0.15) is 0 Å². The SMILES string of the molecule is C(=NCc1ccccn1)C1CCCC1.C1CCCC1.[CH3-].[CH3-].[Fe+3].[I-]. The van der Waals surface area contributed by atoms with E-state index in [1.54, 1.807) is 0 Å². The topological polar surface area (TPSA) is 25.2 Å². The number of halogens is 1. The van der Waals surface area contributed by atoms with E-state index in [-0.39, 0.29) is 55.9 Å². The molecule has 1 heterocycles. The largest absolute Gasteiger partial charge is 3.00 e. The van der Waals surface area contributed by atoms with Gasteiger partial charge >= 0.3 is 17.1 Å². The molecule has 0 unspecified atom stereocenters. The van der Waals surface area contributed by atoms with Gasteiger partial charge in [-0.05, 0) is 30.9 Å². The predicted molar refractivity (Wildman–Crippen MR) is 94.3 cm³/mol. The number of aliphatic imine (C=N–C) groups is 1. The molecule has 2 nitrogen and oxygen atoms in total. The Morgan fingerprint density at radius 2 is 1.52 bits per heavy atom. The van der Waals surface area contributed by atoms with Crippen molar-refractivity contribution in [3.8, 4) is 0 Å². The van der Waals surface area contributed by atoms with E-state index in [4.69, 9.17) is 0 Å². The minimum atomic E-state index is 0. The van der Waals surface area contributed by atoms with E-state index in [0.717, 1.165) is 18.2 Å². The summed E-state index contributed by atoms with van der Waals surface area (Å²) >= 11 is 0. The third-order valence-corrected chi connectivity index (χ3v) is 3.95. The fourth-order valence-electron chi connectivity index (χ4n) is 2.78. The van der Waals surface area contributed by atoms with Crippen LogP contribution in [0, 0.1) is 20.8 Å². The molecule has 0 aliphatic heterocycles. The summed E-state index contributed by atoms with van der Waals surface area (Å²) in [7, 11) is 0. The van der Waals surface area contributed by atoms with E-state index < -0.39 is 0 Å². The van der Waals surface area contributed by atoms with Crippen LogP contribution in [0.5, 0.6) is 0 Å². The van der Waals surface area contributed by atoms with Crippen molar-refractivity contribution in [2.45, 2.75) is 64.3 Å². The van der Waals surface area contributed by atoms with Crippen LogP contribution in [-0.4, -0.2) is 11.2 Å². The third-order valence-electron chi connectivity index (χ3n) is 3.95. The Morgan fingerprint density at radius 3 is 2.00 bits per heavy atom. The van der Waals surface area contributed by atoms with Crippen molar-refractivity contribution in [3.63, 3.8) is 0 Å². The van der Waals surface area contributed by atoms with Crippen molar-refractivity contribution in [1.82, 2.24) is 4.98 Å². The van der Waals surface area contributed by atoms with Gasteiger partial charge in [-0.3, -0.25) is 9.98 Å². The smallest absolute Gasteiger partial charge is 1.00 e. The van der Waals surface area contributed by atoms with Crippen molar-refractivity contribution < 1.29 is 41.0 Å². The first-order valence-corrected chi connectivity index (χ1v) is 7.85. The molecule has 1 aromatic heterocycles. The Balaban J connectivity index is -0.000000389. The number of nitrogens with zero attached hydrogens (tertiary/aromatic N) is 2. The zero-order chi connectivity index (χ0) is 13.2. The Hall–Kier alpha value is 0.0695. The zero-order valence-electron chi connectivity index (χ0n) is 14.7. The van der Waals surface area contributed by atoms with Gasteiger partial charge < -0.3 is 38.8 Å². The van der Waals surface area contributed by atoms with Crippen LogP contribution in [0.4, 0.5) is 0 Å². The molecular formula is C19H32FeIN2. The van der Waals surface area contributed by atoms with Crippen molar-refractivity contribution in [2.75, 3.05) is 0 Å². The van der Waals surface area contributed by atoms with Gasteiger partial charge in [-0.15, -0.1) is 0 Å². The molecule has 3 rings (SSSR count). The molecule has 2 aliphatic rings. The first-order chi connectivity index (χ1) is 9.45. The van der Waals surface area contributed by atoms with E-state index in [1.807, 2.05) is 24.4 Å². The molecule has 23 heavy (non-hydrogen) atoms. The van der Waals surface area contributed by atoms with Crippen molar-refractivity contribution >= 4 is 6.21 Å². The van der Waals surface area contributed by atoms with Crippen LogP contribution >= 0.6 is 0 Å². The molecule has 1 radical (unpaired) electrons. The molecule has 0 bridgehead atoms. The van der Waals surface area contributed by atoms with Crippen LogP contribution in [0.2, 0.25) is 0 Å². The third kappa shape index (κ3) is 13.1. The van der Waals surface area contributed by atoms with E-state index in [1.165, 1.54) is 57.8 Å². The molecule has 0 amide bonds. The Morgan fingerprint density at radius 1 is 0.957 bits per heavy atom. The summed E-state index contributed by atoms with van der Waals surface area (Å²) in [5.74, 6) is 0.735. The minimum Gasteiger partial charge on any atom is -1.00 e.